The van der Waals surface area contributed by atoms with E-state index in [0.717, 1.165) is 25.9 Å². The highest BCUT2D eigenvalue weighted by Gasteiger charge is 2.12. The smallest absolute Gasteiger partial charge is 0.312 e. The third-order valence-corrected chi connectivity index (χ3v) is 3.68. The van der Waals surface area contributed by atoms with E-state index in [1.54, 1.807) is 0 Å². The Morgan fingerprint density at radius 2 is 1.71 bits per heavy atom. The topological polar surface area (TPSA) is 93.5 Å². The van der Waals surface area contributed by atoms with Crippen LogP contribution in [0, 0.1) is 0 Å². The quantitative estimate of drug-likeness (QED) is 0.536. The highest BCUT2D eigenvalue weighted by molar-refractivity contribution is 5.75. The van der Waals surface area contributed by atoms with Crippen LogP contribution < -0.4 is 16.4 Å². The Kier molecular flexibility index (Phi) is 9.61. The van der Waals surface area contributed by atoms with Crippen molar-refractivity contribution >= 4 is 11.9 Å². The molecule has 1 aliphatic rings. The molecule has 3 amide bonds. The van der Waals surface area contributed by atoms with Crippen LogP contribution in [0.1, 0.15) is 57.8 Å². The predicted molar refractivity (Wildman–Crippen MR) is 81.9 cm³/mol. The lowest BCUT2D eigenvalue weighted by Crippen LogP contribution is -2.30. The number of amides is 3. The van der Waals surface area contributed by atoms with Crippen molar-refractivity contribution in [2.24, 2.45) is 5.73 Å². The van der Waals surface area contributed by atoms with E-state index in [1.165, 1.54) is 32.1 Å². The van der Waals surface area contributed by atoms with Gasteiger partial charge >= 0.3 is 6.03 Å². The number of nitrogens with two attached hydrogens (primary N) is 1. The molecule has 0 radical (unpaired) electrons. The molecule has 0 aromatic heterocycles. The molecule has 4 N–H and O–H groups in total. The molecule has 0 atom stereocenters. The second-order valence-corrected chi connectivity index (χ2v) is 5.58. The number of ether oxygens (including phenoxy) is 1. The van der Waals surface area contributed by atoms with Crippen LogP contribution in [0.15, 0.2) is 0 Å². The summed E-state index contributed by atoms with van der Waals surface area (Å²) in [4.78, 5) is 22.0. The minimum absolute atomic E-state index is 0.0618. The number of unbranched alkanes of at least 4 members (excludes halogenated alkanes) is 1. The number of urea groups is 1. The van der Waals surface area contributed by atoms with E-state index in [4.69, 9.17) is 10.5 Å². The summed E-state index contributed by atoms with van der Waals surface area (Å²) >= 11 is 0. The maximum atomic E-state index is 11.5. The first-order valence-electron chi connectivity index (χ1n) is 8.10. The van der Waals surface area contributed by atoms with Gasteiger partial charge < -0.3 is 21.1 Å². The van der Waals surface area contributed by atoms with Crippen molar-refractivity contribution in [3.8, 4) is 0 Å². The maximum absolute atomic E-state index is 11.5. The summed E-state index contributed by atoms with van der Waals surface area (Å²) in [6, 6.07) is -0.516. The fourth-order valence-electron chi connectivity index (χ4n) is 2.49. The third-order valence-electron chi connectivity index (χ3n) is 3.68. The molecule has 1 aliphatic carbocycles. The van der Waals surface area contributed by atoms with Crippen LogP contribution in [-0.2, 0) is 9.53 Å². The summed E-state index contributed by atoms with van der Waals surface area (Å²) < 4.78 is 5.80. The zero-order valence-corrected chi connectivity index (χ0v) is 12.9. The lowest BCUT2D eigenvalue weighted by molar-refractivity contribution is -0.121. The van der Waals surface area contributed by atoms with Crippen LogP contribution in [0.4, 0.5) is 4.79 Å². The van der Waals surface area contributed by atoms with Crippen molar-refractivity contribution in [1.82, 2.24) is 10.6 Å². The monoisotopic (exact) mass is 299 g/mol. The highest BCUT2D eigenvalue weighted by Crippen LogP contribution is 2.20. The van der Waals surface area contributed by atoms with Crippen LogP contribution >= 0.6 is 0 Å². The van der Waals surface area contributed by atoms with Gasteiger partial charge in [0.1, 0.15) is 0 Å². The van der Waals surface area contributed by atoms with Gasteiger partial charge in [0.2, 0.25) is 5.91 Å². The first kappa shape index (κ1) is 17.8. The molecule has 21 heavy (non-hydrogen) atoms. The van der Waals surface area contributed by atoms with Crippen LogP contribution in [-0.4, -0.2) is 37.7 Å². The van der Waals surface area contributed by atoms with Gasteiger partial charge in [0.05, 0.1) is 6.10 Å². The predicted octanol–water partition coefficient (Wildman–Crippen LogP) is 1.68. The van der Waals surface area contributed by atoms with Crippen molar-refractivity contribution < 1.29 is 14.3 Å². The van der Waals surface area contributed by atoms with Gasteiger partial charge in [-0.25, -0.2) is 4.79 Å². The molecule has 0 unspecified atom stereocenters. The van der Waals surface area contributed by atoms with Gasteiger partial charge in [-0.2, -0.15) is 0 Å². The van der Waals surface area contributed by atoms with E-state index in [-0.39, 0.29) is 5.91 Å². The number of hydrogen-bond acceptors (Lipinski definition) is 3. The molecule has 0 heterocycles. The Morgan fingerprint density at radius 1 is 1.00 bits per heavy atom. The summed E-state index contributed by atoms with van der Waals surface area (Å²) in [7, 11) is 0. The first-order chi connectivity index (χ1) is 10.2. The molecule has 0 bridgehead atoms. The largest absolute Gasteiger partial charge is 0.378 e. The lowest BCUT2D eigenvalue weighted by Gasteiger charge is -2.21. The molecule has 0 aromatic carbocycles. The van der Waals surface area contributed by atoms with E-state index < -0.39 is 6.03 Å². The Balaban J connectivity index is 1.85. The van der Waals surface area contributed by atoms with Crippen molar-refractivity contribution in [3.63, 3.8) is 0 Å². The molecule has 6 nitrogen and oxygen atoms in total. The number of primary amides is 1. The zero-order valence-electron chi connectivity index (χ0n) is 12.9. The van der Waals surface area contributed by atoms with Gasteiger partial charge in [0, 0.05) is 26.1 Å². The summed E-state index contributed by atoms with van der Waals surface area (Å²) in [6.07, 6.45) is 9.59. The summed E-state index contributed by atoms with van der Waals surface area (Å²) in [5.41, 5.74) is 4.94. The Labute approximate surface area is 127 Å². The van der Waals surface area contributed by atoms with E-state index in [2.05, 4.69) is 10.6 Å². The fraction of sp³-hybridized carbons (Fsp3) is 0.867. The number of carbonyl (C=O) groups excluding carboxylic acids is 2. The molecule has 0 aliphatic heterocycles. The van der Waals surface area contributed by atoms with Crippen LogP contribution in [0.3, 0.4) is 0 Å². The van der Waals surface area contributed by atoms with E-state index in [9.17, 15) is 9.59 Å². The molecular formula is C15H29N3O3. The van der Waals surface area contributed by atoms with Crippen LogP contribution in [0.2, 0.25) is 0 Å². The number of nitrogens with one attached hydrogen (secondary N) is 2. The van der Waals surface area contributed by atoms with Gasteiger partial charge in [0.25, 0.3) is 0 Å². The number of carbonyl (C=O) groups is 2. The molecule has 0 aromatic rings. The third kappa shape index (κ3) is 10.1. The second-order valence-electron chi connectivity index (χ2n) is 5.58. The van der Waals surface area contributed by atoms with Crippen molar-refractivity contribution in [1.29, 1.82) is 0 Å². The Morgan fingerprint density at radius 3 is 2.43 bits per heavy atom. The Hall–Kier alpha value is -1.30. The lowest BCUT2D eigenvalue weighted by atomic mass is 9.98. The van der Waals surface area contributed by atoms with Gasteiger partial charge in [-0.1, -0.05) is 19.3 Å². The average molecular weight is 299 g/mol. The van der Waals surface area contributed by atoms with Gasteiger partial charge in [-0.05, 0) is 32.1 Å². The van der Waals surface area contributed by atoms with Crippen LogP contribution in [0.25, 0.3) is 0 Å². The van der Waals surface area contributed by atoms with Gasteiger partial charge in [-0.3, -0.25) is 4.79 Å². The molecule has 1 fully saturated rings. The minimum atomic E-state index is -0.516. The normalized spacial score (nSPS) is 15.6. The summed E-state index contributed by atoms with van der Waals surface area (Å²) in [5, 5.41) is 5.39. The Bertz CT molecular complexity index is 305. The number of hydrogen-bond donors (Lipinski definition) is 3. The molecular weight excluding hydrogens is 270 g/mol. The van der Waals surface area contributed by atoms with E-state index >= 15 is 0 Å². The maximum Gasteiger partial charge on any atom is 0.312 e. The molecule has 0 saturated heterocycles. The second kappa shape index (κ2) is 11.4. The standard InChI is InChI=1S/C15H29N3O3/c16-15(20)18-10-5-4-9-14(19)17-11-6-12-21-13-7-2-1-3-8-13/h13H,1-12H2,(H,17,19)(H3,16,18,20). The first-order valence-corrected chi connectivity index (χ1v) is 8.10. The van der Waals surface area contributed by atoms with Gasteiger partial charge in [-0.15, -0.1) is 0 Å². The molecule has 122 valence electrons. The molecule has 6 heteroatoms. The van der Waals surface area contributed by atoms with Crippen molar-refractivity contribution in [2.45, 2.75) is 63.9 Å². The van der Waals surface area contributed by atoms with Crippen molar-refractivity contribution in [2.75, 3.05) is 19.7 Å². The highest BCUT2D eigenvalue weighted by atomic mass is 16.5. The fourth-order valence-corrected chi connectivity index (χ4v) is 2.49. The van der Waals surface area contributed by atoms with Gasteiger partial charge in [0.15, 0.2) is 0 Å². The average Bonchev–Trinajstić information content (AvgIpc) is 2.47. The minimum Gasteiger partial charge on any atom is -0.378 e. The summed E-state index contributed by atoms with van der Waals surface area (Å²) in [6.45, 7) is 1.93. The molecule has 1 rings (SSSR count). The molecule has 1 saturated carbocycles. The summed E-state index contributed by atoms with van der Waals surface area (Å²) in [5.74, 6) is 0.0618. The van der Waals surface area contributed by atoms with E-state index in [0.29, 0.717) is 25.6 Å². The van der Waals surface area contributed by atoms with Crippen molar-refractivity contribution in [3.05, 3.63) is 0 Å². The SMILES string of the molecule is NC(=O)NCCCCC(=O)NCCCOC1CCCCC1. The van der Waals surface area contributed by atoms with E-state index in [1.807, 2.05) is 0 Å². The zero-order chi connectivity index (χ0) is 15.3. The molecule has 0 spiro atoms. The van der Waals surface area contributed by atoms with Crippen LogP contribution in [0.5, 0.6) is 0 Å². The number of rotatable bonds is 10.